The number of carboxylic acids is 1. The summed E-state index contributed by atoms with van der Waals surface area (Å²) in [5, 5.41) is 10.7. The highest BCUT2D eigenvalue weighted by atomic mass is 19.4. The predicted octanol–water partition coefficient (Wildman–Crippen LogP) is 1.55. The zero-order valence-corrected chi connectivity index (χ0v) is 8.97. The molecule has 0 aliphatic heterocycles. The summed E-state index contributed by atoms with van der Waals surface area (Å²) in [6.07, 6.45) is -6.41. The Balaban J connectivity index is 4.17. The normalized spacial score (nSPS) is 13.6. The summed E-state index contributed by atoms with van der Waals surface area (Å²) >= 11 is 0. The molecular formula is C9H14F3NO3. The smallest absolute Gasteiger partial charge is 0.389 e. The Kier molecular flexibility index (Phi) is 5.26. The molecule has 0 spiro atoms. The van der Waals surface area contributed by atoms with Gasteiger partial charge in [-0.25, -0.2) is 4.79 Å². The van der Waals surface area contributed by atoms with E-state index in [9.17, 15) is 22.8 Å². The van der Waals surface area contributed by atoms with Gasteiger partial charge in [-0.1, -0.05) is 13.8 Å². The molecule has 0 rings (SSSR count). The largest absolute Gasteiger partial charge is 0.480 e. The molecule has 0 saturated heterocycles. The number of hydrogen-bond acceptors (Lipinski definition) is 2. The number of nitrogens with one attached hydrogen (secondary N) is 1. The average Bonchev–Trinajstić information content (AvgIpc) is 2.08. The van der Waals surface area contributed by atoms with E-state index in [-0.39, 0.29) is 5.92 Å². The van der Waals surface area contributed by atoms with Gasteiger partial charge in [-0.2, -0.15) is 13.2 Å². The number of aliphatic carboxylic acids is 1. The number of alkyl halides is 3. The summed E-state index contributed by atoms with van der Waals surface area (Å²) < 4.78 is 35.3. The highest BCUT2D eigenvalue weighted by Crippen LogP contribution is 2.21. The molecule has 2 N–H and O–H groups in total. The molecule has 0 aromatic rings. The molecule has 0 bridgehead atoms. The Hall–Kier alpha value is -1.27. The molecule has 1 unspecified atom stereocenters. The molecule has 1 atom stereocenters. The van der Waals surface area contributed by atoms with E-state index in [1.807, 2.05) is 0 Å². The van der Waals surface area contributed by atoms with Gasteiger partial charge >= 0.3 is 12.1 Å². The average molecular weight is 241 g/mol. The van der Waals surface area contributed by atoms with Crippen LogP contribution in [-0.2, 0) is 9.59 Å². The van der Waals surface area contributed by atoms with Crippen molar-refractivity contribution in [3.8, 4) is 0 Å². The molecule has 0 aliphatic rings. The molecule has 0 saturated carbocycles. The summed E-state index contributed by atoms with van der Waals surface area (Å²) in [6.45, 7) is 3.12. The van der Waals surface area contributed by atoms with Crippen LogP contribution in [0.3, 0.4) is 0 Å². The maximum absolute atomic E-state index is 11.8. The maximum atomic E-state index is 11.8. The molecule has 4 nitrogen and oxygen atoms in total. The van der Waals surface area contributed by atoms with Gasteiger partial charge in [-0.15, -0.1) is 0 Å². The van der Waals surface area contributed by atoms with E-state index in [2.05, 4.69) is 5.32 Å². The Bertz CT molecular complexity index is 263. The SMILES string of the molecule is CC(C)C(NC(=O)CCC(F)(F)F)C(=O)O. The molecule has 16 heavy (non-hydrogen) atoms. The maximum Gasteiger partial charge on any atom is 0.389 e. The number of halogens is 3. The number of carboxylic acid groups (broad SMARTS) is 1. The lowest BCUT2D eigenvalue weighted by Crippen LogP contribution is -2.44. The second-order valence-corrected chi connectivity index (χ2v) is 3.74. The zero-order valence-electron chi connectivity index (χ0n) is 8.97. The van der Waals surface area contributed by atoms with Gasteiger partial charge in [0, 0.05) is 6.42 Å². The van der Waals surface area contributed by atoms with Crippen molar-refractivity contribution in [3.05, 3.63) is 0 Å². The lowest BCUT2D eigenvalue weighted by molar-refractivity contribution is -0.147. The van der Waals surface area contributed by atoms with Crippen molar-refractivity contribution in [3.63, 3.8) is 0 Å². The van der Waals surface area contributed by atoms with Crippen LogP contribution in [0.4, 0.5) is 13.2 Å². The molecule has 0 heterocycles. The highest BCUT2D eigenvalue weighted by molar-refractivity contribution is 5.83. The van der Waals surface area contributed by atoms with E-state index < -0.39 is 36.9 Å². The summed E-state index contributed by atoms with van der Waals surface area (Å²) in [6, 6.07) is -1.15. The Morgan fingerprint density at radius 1 is 1.31 bits per heavy atom. The molecule has 1 amide bonds. The molecular weight excluding hydrogens is 227 g/mol. The first-order chi connectivity index (χ1) is 7.13. The van der Waals surface area contributed by atoms with Gasteiger partial charge in [0.15, 0.2) is 0 Å². The summed E-state index contributed by atoms with van der Waals surface area (Å²) in [5.74, 6) is -2.54. The van der Waals surface area contributed by atoms with Crippen LogP contribution in [0.2, 0.25) is 0 Å². The Labute approximate surface area is 90.8 Å². The molecule has 0 radical (unpaired) electrons. The number of rotatable bonds is 5. The van der Waals surface area contributed by atoms with E-state index in [1.54, 1.807) is 13.8 Å². The minimum Gasteiger partial charge on any atom is -0.480 e. The molecule has 0 aromatic heterocycles. The third kappa shape index (κ3) is 6.26. The van der Waals surface area contributed by atoms with Crippen molar-refractivity contribution < 1.29 is 27.9 Å². The van der Waals surface area contributed by atoms with Crippen LogP contribution in [0.1, 0.15) is 26.7 Å². The van der Waals surface area contributed by atoms with Crippen LogP contribution in [0.25, 0.3) is 0 Å². The minimum absolute atomic E-state index is 0.382. The number of carbonyl (C=O) groups is 2. The van der Waals surface area contributed by atoms with Crippen molar-refractivity contribution in [1.29, 1.82) is 0 Å². The summed E-state index contributed by atoms with van der Waals surface area (Å²) in [7, 11) is 0. The van der Waals surface area contributed by atoms with Gasteiger partial charge in [-0.05, 0) is 5.92 Å². The van der Waals surface area contributed by atoms with E-state index >= 15 is 0 Å². The monoisotopic (exact) mass is 241 g/mol. The van der Waals surface area contributed by atoms with Crippen LogP contribution in [0.15, 0.2) is 0 Å². The van der Waals surface area contributed by atoms with Crippen LogP contribution in [0, 0.1) is 5.92 Å². The first-order valence-electron chi connectivity index (χ1n) is 4.72. The second-order valence-electron chi connectivity index (χ2n) is 3.74. The Morgan fingerprint density at radius 2 is 1.81 bits per heavy atom. The molecule has 0 aromatic carbocycles. The molecule has 7 heteroatoms. The van der Waals surface area contributed by atoms with Crippen LogP contribution in [0.5, 0.6) is 0 Å². The number of carbonyl (C=O) groups excluding carboxylic acids is 1. The summed E-state index contributed by atoms with van der Waals surface area (Å²) in [5.41, 5.74) is 0. The molecule has 0 aliphatic carbocycles. The van der Waals surface area contributed by atoms with Crippen LogP contribution in [-0.4, -0.2) is 29.2 Å². The van der Waals surface area contributed by atoms with Gasteiger partial charge in [0.1, 0.15) is 6.04 Å². The van der Waals surface area contributed by atoms with Crippen molar-refractivity contribution in [2.75, 3.05) is 0 Å². The van der Waals surface area contributed by atoms with Crippen LogP contribution < -0.4 is 5.32 Å². The summed E-state index contributed by atoms with van der Waals surface area (Å²) in [4.78, 5) is 21.7. The fourth-order valence-electron chi connectivity index (χ4n) is 1.01. The minimum atomic E-state index is -4.41. The van der Waals surface area contributed by atoms with Crippen LogP contribution >= 0.6 is 0 Å². The standard InChI is InChI=1S/C9H14F3NO3/c1-5(2)7(8(15)16)13-6(14)3-4-9(10,11)12/h5,7H,3-4H2,1-2H3,(H,13,14)(H,15,16). The number of amides is 1. The molecule has 94 valence electrons. The fourth-order valence-corrected chi connectivity index (χ4v) is 1.01. The predicted molar refractivity (Wildman–Crippen MR) is 49.7 cm³/mol. The quantitative estimate of drug-likeness (QED) is 0.767. The topological polar surface area (TPSA) is 66.4 Å². The van der Waals surface area contributed by atoms with Crippen molar-refractivity contribution in [2.24, 2.45) is 5.92 Å². The number of hydrogen-bond donors (Lipinski definition) is 2. The first kappa shape index (κ1) is 14.7. The van der Waals surface area contributed by atoms with Crippen molar-refractivity contribution >= 4 is 11.9 Å². The Morgan fingerprint density at radius 3 is 2.12 bits per heavy atom. The zero-order chi connectivity index (χ0) is 12.9. The third-order valence-electron chi connectivity index (χ3n) is 1.88. The lowest BCUT2D eigenvalue weighted by Gasteiger charge is -2.18. The van der Waals surface area contributed by atoms with Gasteiger partial charge in [-0.3, -0.25) is 4.79 Å². The van der Waals surface area contributed by atoms with E-state index in [0.29, 0.717) is 0 Å². The lowest BCUT2D eigenvalue weighted by atomic mass is 10.0. The third-order valence-corrected chi connectivity index (χ3v) is 1.88. The second kappa shape index (κ2) is 5.72. The van der Waals surface area contributed by atoms with E-state index in [1.165, 1.54) is 0 Å². The van der Waals surface area contributed by atoms with E-state index in [0.717, 1.165) is 0 Å². The van der Waals surface area contributed by atoms with Gasteiger partial charge in [0.25, 0.3) is 0 Å². The first-order valence-corrected chi connectivity index (χ1v) is 4.72. The fraction of sp³-hybridized carbons (Fsp3) is 0.778. The highest BCUT2D eigenvalue weighted by Gasteiger charge is 2.29. The van der Waals surface area contributed by atoms with Gasteiger partial charge in [0.2, 0.25) is 5.91 Å². The van der Waals surface area contributed by atoms with E-state index in [4.69, 9.17) is 5.11 Å². The van der Waals surface area contributed by atoms with Crippen molar-refractivity contribution in [2.45, 2.75) is 38.9 Å². The van der Waals surface area contributed by atoms with Crippen molar-refractivity contribution in [1.82, 2.24) is 5.32 Å². The van der Waals surface area contributed by atoms with Gasteiger partial charge in [0.05, 0.1) is 6.42 Å². The van der Waals surface area contributed by atoms with Gasteiger partial charge < -0.3 is 10.4 Å². The molecule has 0 fully saturated rings.